The van der Waals surface area contributed by atoms with Gasteiger partial charge in [0.25, 0.3) is 5.91 Å². The molecule has 2 aromatic heterocycles. The minimum Gasteiger partial charge on any atom is -0.497 e. The highest BCUT2D eigenvalue weighted by atomic mass is 19.4. The summed E-state index contributed by atoms with van der Waals surface area (Å²) in [6.07, 6.45) is -1.56. The number of carbonyl (C=O) groups excluding carboxylic acids is 1. The van der Waals surface area contributed by atoms with Gasteiger partial charge in [-0.1, -0.05) is 0 Å². The molecular weight excluding hydrogens is 409 g/mol. The number of nitrogens with zero attached hydrogens (tertiary/aromatic N) is 3. The van der Waals surface area contributed by atoms with Crippen molar-refractivity contribution in [3.63, 3.8) is 0 Å². The molecule has 0 saturated carbocycles. The normalized spacial score (nSPS) is 11.5. The van der Waals surface area contributed by atoms with Crippen LogP contribution in [0, 0.1) is 6.92 Å². The lowest BCUT2D eigenvalue weighted by Crippen LogP contribution is -2.15. The number of imidazole rings is 1. The van der Waals surface area contributed by atoms with Crippen LogP contribution < -0.4 is 10.1 Å². The monoisotopic (exact) mass is 426 g/mol. The lowest BCUT2D eigenvalue weighted by Gasteiger charge is -2.13. The van der Waals surface area contributed by atoms with Gasteiger partial charge in [0.1, 0.15) is 5.75 Å². The molecule has 4 aromatic rings. The highest BCUT2D eigenvalue weighted by Crippen LogP contribution is 2.35. The molecule has 6 nitrogen and oxygen atoms in total. The fourth-order valence-corrected chi connectivity index (χ4v) is 3.26. The number of carbonyl (C=O) groups is 1. The number of benzene rings is 2. The molecule has 0 saturated heterocycles. The summed E-state index contributed by atoms with van der Waals surface area (Å²) in [4.78, 5) is 20.2. The van der Waals surface area contributed by atoms with Crippen molar-refractivity contribution in [2.75, 3.05) is 12.4 Å². The molecule has 0 radical (unpaired) electrons. The van der Waals surface area contributed by atoms with Gasteiger partial charge in [0.05, 0.1) is 18.1 Å². The van der Waals surface area contributed by atoms with Gasteiger partial charge >= 0.3 is 6.18 Å². The molecule has 31 heavy (non-hydrogen) atoms. The van der Waals surface area contributed by atoms with Crippen LogP contribution in [0.25, 0.3) is 16.7 Å². The van der Waals surface area contributed by atoms with Crippen molar-refractivity contribution >= 4 is 22.6 Å². The minimum atomic E-state index is -4.65. The zero-order chi connectivity index (χ0) is 22.2. The van der Waals surface area contributed by atoms with Gasteiger partial charge in [0, 0.05) is 35.4 Å². The number of alkyl halides is 3. The van der Waals surface area contributed by atoms with E-state index in [0.717, 1.165) is 4.57 Å². The SMILES string of the molecule is COc1ccc2c(c1)nc(C(F)(F)F)n2-c1ccc(NC(=O)c2ccncc2C)cc1. The zero-order valence-electron chi connectivity index (χ0n) is 16.6. The topological polar surface area (TPSA) is 69.0 Å². The molecule has 4 rings (SSSR count). The van der Waals surface area contributed by atoms with Crippen molar-refractivity contribution in [1.82, 2.24) is 14.5 Å². The van der Waals surface area contributed by atoms with Crippen LogP contribution in [0.1, 0.15) is 21.7 Å². The third-order valence-corrected chi connectivity index (χ3v) is 4.76. The van der Waals surface area contributed by atoms with E-state index in [1.54, 1.807) is 37.4 Å². The third kappa shape index (κ3) is 3.94. The van der Waals surface area contributed by atoms with Crippen molar-refractivity contribution in [3.05, 3.63) is 77.9 Å². The number of pyridine rings is 1. The van der Waals surface area contributed by atoms with Gasteiger partial charge in [-0.05, 0) is 55.0 Å². The number of nitrogens with one attached hydrogen (secondary N) is 1. The van der Waals surface area contributed by atoms with E-state index in [1.165, 1.54) is 37.6 Å². The van der Waals surface area contributed by atoms with Gasteiger partial charge in [0.15, 0.2) is 0 Å². The van der Waals surface area contributed by atoms with E-state index >= 15 is 0 Å². The average molecular weight is 426 g/mol. The Morgan fingerprint density at radius 1 is 1.10 bits per heavy atom. The third-order valence-electron chi connectivity index (χ3n) is 4.76. The van der Waals surface area contributed by atoms with Crippen LogP contribution in [0.5, 0.6) is 5.75 Å². The molecular formula is C22H17F3N4O2. The van der Waals surface area contributed by atoms with Crippen LogP contribution in [0.15, 0.2) is 60.9 Å². The minimum absolute atomic E-state index is 0.164. The Kier molecular flexibility index (Phi) is 5.10. The van der Waals surface area contributed by atoms with E-state index in [2.05, 4.69) is 15.3 Å². The van der Waals surface area contributed by atoms with Gasteiger partial charge in [-0.3, -0.25) is 14.3 Å². The standard InChI is InChI=1S/C22H17F3N4O2/c1-13-12-26-10-9-17(13)20(30)27-14-3-5-15(6-4-14)29-19-8-7-16(31-2)11-18(19)28-21(29)22(23,24)25/h3-12H,1-2H3,(H,27,30). The molecule has 2 aromatic carbocycles. The van der Waals surface area contributed by atoms with Gasteiger partial charge in [-0.25, -0.2) is 4.98 Å². The molecule has 0 bridgehead atoms. The van der Waals surface area contributed by atoms with Gasteiger partial charge in [-0.2, -0.15) is 13.2 Å². The summed E-state index contributed by atoms with van der Waals surface area (Å²) in [5.41, 5.74) is 2.34. The van der Waals surface area contributed by atoms with Crippen LogP contribution in [0.3, 0.4) is 0 Å². The van der Waals surface area contributed by atoms with Crippen molar-refractivity contribution in [2.45, 2.75) is 13.1 Å². The molecule has 0 atom stereocenters. The molecule has 1 amide bonds. The number of hydrogen-bond donors (Lipinski definition) is 1. The second-order valence-corrected chi connectivity index (χ2v) is 6.81. The molecule has 1 N–H and O–H groups in total. The highest BCUT2D eigenvalue weighted by Gasteiger charge is 2.38. The summed E-state index contributed by atoms with van der Waals surface area (Å²) < 4.78 is 47.1. The predicted octanol–water partition coefficient (Wildman–Crippen LogP) is 5.01. The number of ether oxygens (including phenoxy) is 1. The maximum atomic E-state index is 13.7. The van der Waals surface area contributed by atoms with Gasteiger partial charge < -0.3 is 10.1 Å². The van der Waals surface area contributed by atoms with Crippen LogP contribution in [-0.4, -0.2) is 27.6 Å². The first-order valence-corrected chi connectivity index (χ1v) is 9.24. The summed E-state index contributed by atoms with van der Waals surface area (Å²) in [7, 11) is 1.43. The van der Waals surface area contributed by atoms with E-state index in [-0.39, 0.29) is 22.6 Å². The second kappa shape index (κ2) is 7.75. The number of amides is 1. The number of fused-ring (bicyclic) bond motifs is 1. The van der Waals surface area contributed by atoms with E-state index in [0.29, 0.717) is 22.6 Å². The number of hydrogen-bond acceptors (Lipinski definition) is 4. The Balaban J connectivity index is 1.70. The second-order valence-electron chi connectivity index (χ2n) is 6.81. The van der Waals surface area contributed by atoms with E-state index in [1.807, 2.05) is 0 Å². The summed E-state index contributed by atoms with van der Waals surface area (Å²) >= 11 is 0. The first-order chi connectivity index (χ1) is 14.8. The lowest BCUT2D eigenvalue weighted by molar-refractivity contribution is -0.145. The van der Waals surface area contributed by atoms with Crippen LogP contribution in [0.4, 0.5) is 18.9 Å². The first kappa shape index (κ1) is 20.4. The quantitative estimate of drug-likeness (QED) is 0.498. The molecule has 0 aliphatic rings. The number of methoxy groups -OCH3 is 1. The fourth-order valence-electron chi connectivity index (χ4n) is 3.26. The highest BCUT2D eigenvalue weighted by molar-refractivity contribution is 6.05. The molecule has 2 heterocycles. The van der Waals surface area contributed by atoms with Crippen LogP contribution >= 0.6 is 0 Å². The summed E-state index contributed by atoms with van der Waals surface area (Å²) in [6.45, 7) is 1.77. The Bertz CT molecular complexity index is 1260. The van der Waals surface area contributed by atoms with Gasteiger partial charge in [0.2, 0.25) is 5.82 Å². The average Bonchev–Trinajstić information content (AvgIpc) is 3.14. The Labute approximate surface area is 175 Å². The largest absolute Gasteiger partial charge is 0.497 e. The van der Waals surface area contributed by atoms with Crippen molar-refractivity contribution in [2.24, 2.45) is 0 Å². The van der Waals surface area contributed by atoms with E-state index in [9.17, 15) is 18.0 Å². The molecule has 0 spiro atoms. The smallest absolute Gasteiger partial charge is 0.450 e. The Hall–Kier alpha value is -3.88. The Morgan fingerprint density at radius 2 is 1.84 bits per heavy atom. The molecule has 0 fully saturated rings. The Morgan fingerprint density at radius 3 is 2.48 bits per heavy atom. The molecule has 9 heteroatoms. The first-order valence-electron chi connectivity index (χ1n) is 9.24. The predicted molar refractivity (Wildman–Crippen MR) is 110 cm³/mol. The molecule has 0 aliphatic carbocycles. The lowest BCUT2D eigenvalue weighted by atomic mass is 10.1. The molecule has 0 aliphatic heterocycles. The van der Waals surface area contributed by atoms with E-state index < -0.39 is 12.0 Å². The van der Waals surface area contributed by atoms with Crippen LogP contribution in [0.2, 0.25) is 0 Å². The summed E-state index contributed by atoms with van der Waals surface area (Å²) in [5.74, 6) is -0.959. The summed E-state index contributed by atoms with van der Waals surface area (Å²) in [6, 6.07) is 12.2. The zero-order valence-corrected chi connectivity index (χ0v) is 16.6. The maximum absolute atomic E-state index is 13.7. The molecule has 0 unspecified atom stereocenters. The van der Waals surface area contributed by atoms with Gasteiger partial charge in [-0.15, -0.1) is 0 Å². The maximum Gasteiger partial charge on any atom is 0.450 e. The van der Waals surface area contributed by atoms with Crippen molar-refractivity contribution < 1.29 is 22.7 Å². The van der Waals surface area contributed by atoms with Crippen molar-refractivity contribution in [1.29, 1.82) is 0 Å². The summed E-state index contributed by atoms with van der Waals surface area (Å²) in [5, 5.41) is 2.74. The number of aromatic nitrogens is 3. The van der Waals surface area contributed by atoms with Crippen LogP contribution in [-0.2, 0) is 6.18 Å². The van der Waals surface area contributed by atoms with Crippen molar-refractivity contribution in [3.8, 4) is 11.4 Å². The molecule has 158 valence electrons. The number of rotatable bonds is 4. The number of anilines is 1. The number of aryl methyl sites for hydroxylation is 1. The fraction of sp³-hybridized carbons (Fsp3) is 0.136. The number of halogens is 3. The van der Waals surface area contributed by atoms with E-state index in [4.69, 9.17) is 4.74 Å².